The fourth-order valence-corrected chi connectivity index (χ4v) is 3.40. The summed E-state index contributed by atoms with van der Waals surface area (Å²) < 4.78 is 21.8. The number of amides is 1. The summed E-state index contributed by atoms with van der Waals surface area (Å²) in [5.74, 6) is 1.18. The van der Waals surface area contributed by atoms with Crippen LogP contribution in [0.3, 0.4) is 0 Å². The van der Waals surface area contributed by atoms with Gasteiger partial charge in [0, 0.05) is 6.07 Å². The van der Waals surface area contributed by atoms with Gasteiger partial charge in [-0.3, -0.25) is 9.69 Å². The Morgan fingerprint density at radius 1 is 1.24 bits per heavy atom. The molecule has 0 bridgehead atoms. The highest BCUT2D eigenvalue weighted by Gasteiger charge is 2.34. The Kier molecular flexibility index (Phi) is 6.12. The zero-order valence-corrected chi connectivity index (χ0v) is 14.8. The van der Waals surface area contributed by atoms with E-state index in [1.54, 1.807) is 32.4 Å². The van der Waals surface area contributed by atoms with Crippen molar-refractivity contribution in [3.8, 4) is 11.5 Å². The summed E-state index contributed by atoms with van der Waals surface area (Å²) in [6.07, 6.45) is 2.99. The van der Waals surface area contributed by atoms with Crippen LogP contribution in [-0.4, -0.2) is 63.7 Å². The second kappa shape index (κ2) is 8.51. The molecule has 2 saturated heterocycles. The molecule has 7 nitrogen and oxygen atoms in total. The van der Waals surface area contributed by atoms with Crippen LogP contribution in [0.5, 0.6) is 11.5 Å². The highest BCUT2D eigenvalue weighted by molar-refractivity contribution is 5.93. The van der Waals surface area contributed by atoms with E-state index in [-0.39, 0.29) is 18.2 Å². The number of nitrogens with zero attached hydrogens (tertiary/aromatic N) is 1. The third-order valence-corrected chi connectivity index (χ3v) is 4.66. The monoisotopic (exact) mass is 350 g/mol. The summed E-state index contributed by atoms with van der Waals surface area (Å²) in [6, 6.07) is 5.47. The number of likely N-dealkylation sites (tertiary alicyclic amines) is 1. The maximum atomic E-state index is 12.5. The quantitative estimate of drug-likeness (QED) is 0.845. The summed E-state index contributed by atoms with van der Waals surface area (Å²) in [5.41, 5.74) is 0.634. The van der Waals surface area contributed by atoms with Gasteiger partial charge in [0.25, 0.3) is 0 Å². The van der Waals surface area contributed by atoms with Crippen LogP contribution in [0.25, 0.3) is 0 Å². The van der Waals surface area contributed by atoms with Crippen LogP contribution in [0.2, 0.25) is 0 Å². The van der Waals surface area contributed by atoms with Gasteiger partial charge >= 0.3 is 0 Å². The number of nitrogens with one attached hydrogen (secondary N) is 1. The van der Waals surface area contributed by atoms with Crippen LogP contribution >= 0.6 is 0 Å². The lowest BCUT2D eigenvalue weighted by Gasteiger charge is -2.37. The number of methoxy groups -OCH3 is 2. The molecule has 3 rings (SSSR count). The predicted molar refractivity (Wildman–Crippen MR) is 93.1 cm³/mol. The number of piperidine rings is 1. The van der Waals surface area contributed by atoms with Crippen LogP contribution in [-0.2, 0) is 14.3 Å². The minimum atomic E-state index is -0.219. The van der Waals surface area contributed by atoms with E-state index in [0.717, 1.165) is 25.8 Å². The number of anilines is 1. The molecule has 1 unspecified atom stereocenters. The Balaban J connectivity index is 1.63. The van der Waals surface area contributed by atoms with E-state index in [4.69, 9.17) is 18.9 Å². The van der Waals surface area contributed by atoms with Crippen molar-refractivity contribution < 1.29 is 23.7 Å². The zero-order valence-electron chi connectivity index (χ0n) is 14.8. The topological polar surface area (TPSA) is 69.3 Å². The number of hydrogen-bond acceptors (Lipinski definition) is 6. The van der Waals surface area contributed by atoms with Crippen LogP contribution in [0.4, 0.5) is 5.69 Å². The summed E-state index contributed by atoms with van der Waals surface area (Å²) in [4.78, 5) is 14.7. The van der Waals surface area contributed by atoms with Crippen molar-refractivity contribution in [2.24, 2.45) is 0 Å². The lowest BCUT2D eigenvalue weighted by molar-refractivity contribution is -0.127. The lowest BCUT2D eigenvalue weighted by atomic mass is 10.0. The van der Waals surface area contributed by atoms with E-state index >= 15 is 0 Å². The van der Waals surface area contributed by atoms with E-state index in [1.165, 1.54) is 0 Å². The molecule has 2 aliphatic rings. The average molecular weight is 350 g/mol. The second-order valence-electron chi connectivity index (χ2n) is 6.26. The van der Waals surface area contributed by atoms with Crippen molar-refractivity contribution in [3.63, 3.8) is 0 Å². The van der Waals surface area contributed by atoms with E-state index in [0.29, 0.717) is 36.9 Å². The Labute approximate surface area is 148 Å². The van der Waals surface area contributed by atoms with Crippen molar-refractivity contribution in [2.75, 3.05) is 45.8 Å². The molecule has 0 spiro atoms. The highest BCUT2D eigenvalue weighted by Crippen LogP contribution is 2.29. The molecule has 1 amide bonds. The number of benzene rings is 1. The first-order valence-electron chi connectivity index (χ1n) is 8.70. The van der Waals surface area contributed by atoms with Crippen molar-refractivity contribution in [2.45, 2.75) is 31.6 Å². The van der Waals surface area contributed by atoms with E-state index < -0.39 is 0 Å². The maximum absolute atomic E-state index is 12.5. The largest absolute Gasteiger partial charge is 0.497 e. The molecule has 7 heteroatoms. The van der Waals surface area contributed by atoms with E-state index in [1.807, 2.05) is 0 Å². The molecular formula is C18H26N2O5. The molecule has 0 radical (unpaired) electrons. The highest BCUT2D eigenvalue weighted by atomic mass is 16.7. The van der Waals surface area contributed by atoms with Crippen LogP contribution in [0.1, 0.15) is 19.3 Å². The molecule has 25 heavy (non-hydrogen) atoms. The van der Waals surface area contributed by atoms with Crippen molar-refractivity contribution >= 4 is 11.6 Å². The summed E-state index contributed by atoms with van der Waals surface area (Å²) in [7, 11) is 3.16. The van der Waals surface area contributed by atoms with Gasteiger partial charge < -0.3 is 24.3 Å². The molecule has 2 aliphatic heterocycles. The third-order valence-electron chi connectivity index (χ3n) is 4.66. The minimum absolute atomic E-state index is 0.0756. The number of ether oxygens (including phenoxy) is 4. The smallest absolute Gasteiger partial charge is 0.238 e. The molecule has 0 aliphatic carbocycles. The molecule has 0 aromatic heterocycles. The van der Waals surface area contributed by atoms with Crippen molar-refractivity contribution in [1.29, 1.82) is 0 Å². The molecule has 1 aromatic rings. The Morgan fingerprint density at radius 3 is 2.76 bits per heavy atom. The van der Waals surface area contributed by atoms with Gasteiger partial charge in [0.1, 0.15) is 11.5 Å². The lowest BCUT2D eigenvalue weighted by Crippen LogP contribution is -2.50. The normalized spacial score (nSPS) is 21.9. The van der Waals surface area contributed by atoms with E-state index in [2.05, 4.69) is 10.2 Å². The van der Waals surface area contributed by atoms with Crippen molar-refractivity contribution in [3.05, 3.63) is 18.2 Å². The fraction of sp³-hybridized carbons (Fsp3) is 0.611. The van der Waals surface area contributed by atoms with Gasteiger partial charge in [0.15, 0.2) is 6.29 Å². The van der Waals surface area contributed by atoms with Gasteiger partial charge in [0.2, 0.25) is 5.91 Å². The predicted octanol–water partition coefficient (Wildman–Crippen LogP) is 1.87. The Morgan fingerprint density at radius 2 is 2.04 bits per heavy atom. The first kappa shape index (κ1) is 18.0. The Hall–Kier alpha value is -1.83. The molecule has 1 aromatic carbocycles. The number of carbonyl (C=O) groups excluding carboxylic acids is 1. The SMILES string of the molecule is COc1ccc(NC(=O)CN2CCCCC2C2OCCO2)c(OC)c1. The first-order valence-corrected chi connectivity index (χ1v) is 8.70. The maximum Gasteiger partial charge on any atom is 0.238 e. The van der Waals surface area contributed by atoms with E-state index in [9.17, 15) is 4.79 Å². The molecule has 138 valence electrons. The first-order chi connectivity index (χ1) is 12.2. The van der Waals surface area contributed by atoms with Gasteiger partial charge in [-0.15, -0.1) is 0 Å². The second-order valence-corrected chi connectivity index (χ2v) is 6.26. The van der Waals surface area contributed by atoms with Gasteiger partial charge in [0.05, 0.1) is 45.7 Å². The van der Waals surface area contributed by atoms with Crippen LogP contribution < -0.4 is 14.8 Å². The molecule has 0 saturated carbocycles. The fourth-order valence-electron chi connectivity index (χ4n) is 3.40. The summed E-state index contributed by atoms with van der Waals surface area (Å²) in [6.45, 7) is 2.44. The number of hydrogen-bond donors (Lipinski definition) is 1. The number of rotatable bonds is 6. The molecule has 2 fully saturated rings. The average Bonchev–Trinajstić information content (AvgIpc) is 3.17. The molecule has 1 N–H and O–H groups in total. The standard InChI is InChI=1S/C18H26N2O5/c1-22-13-6-7-14(16(11-13)23-2)19-17(21)12-20-8-4-3-5-15(20)18-24-9-10-25-18/h6-7,11,15,18H,3-5,8-10,12H2,1-2H3,(H,19,21). The molecule has 1 atom stereocenters. The zero-order chi connectivity index (χ0) is 17.6. The van der Waals surface area contributed by atoms with Crippen LogP contribution in [0, 0.1) is 0 Å². The third kappa shape index (κ3) is 4.42. The summed E-state index contributed by atoms with van der Waals surface area (Å²) in [5, 5.41) is 2.93. The van der Waals surface area contributed by atoms with Crippen molar-refractivity contribution in [1.82, 2.24) is 4.90 Å². The van der Waals surface area contributed by atoms with Gasteiger partial charge in [-0.2, -0.15) is 0 Å². The van der Waals surface area contributed by atoms with Gasteiger partial charge in [-0.1, -0.05) is 6.42 Å². The number of carbonyl (C=O) groups is 1. The summed E-state index contributed by atoms with van der Waals surface area (Å²) >= 11 is 0. The van der Waals surface area contributed by atoms with Gasteiger partial charge in [-0.25, -0.2) is 0 Å². The Bertz CT molecular complexity index is 589. The van der Waals surface area contributed by atoms with Gasteiger partial charge in [-0.05, 0) is 31.5 Å². The minimum Gasteiger partial charge on any atom is -0.497 e. The van der Waals surface area contributed by atoms with Crippen LogP contribution in [0.15, 0.2) is 18.2 Å². The molecular weight excluding hydrogens is 324 g/mol. The molecule has 2 heterocycles.